The van der Waals surface area contributed by atoms with Crippen LogP contribution in [0.3, 0.4) is 0 Å². The molecule has 2 rings (SSSR count). The maximum atomic E-state index is 11.7. The highest BCUT2D eigenvalue weighted by Crippen LogP contribution is 2.22. The van der Waals surface area contributed by atoms with Gasteiger partial charge in [-0.2, -0.15) is 0 Å². The molecule has 6 heteroatoms. The minimum Gasteiger partial charge on any atom is -0.463 e. The van der Waals surface area contributed by atoms with Crippen molar-refractivity contribution in [2.24, 2.45) is 0 Å². The summed E-state index contributed by atoms with van der Waals surface area (Å²) in [5.74, 6) is 0. The summed E-state index contributed by atoms with van der Waals surface area (Å²) < 4.78 is 4.97. The second-order valence-electron chi connectivity index (χ2n) is 3.05. The van der Waals surface area contributed by atoms with Gasteiger partial charge in [-0.25, -0.2) is 0 Å². The number of non-ortho nitro benzene ring substituents is 1. The molecule has 0 atom stereocenters. The molecule has 0 amide bonds. The minimum absolute atomic E-state index is 0.0878. The zero-order valence-electron chi connectivity index (χ0n) is 7.88. The van der Waals surface area contributed by atoms with Crippen LogP contribution in [0.4, 0.5) is 5.69 Å². The maximum absolute atomic E-state index is 11.7. The number of nitro groups is 1. The third-order valence-corrected chi connectivity index (χ3v) is 2.13. The number of fused-ring (bicyclic) bond motifs is 1. The van der Waals surface area contributed by atoms with Crippen LogP contribution in [0.1, 0.15) is 10.4 Å². The molecule has 6 nitrogen and oxygen atoms in total. The third kappa shape index (κ3) is 1.36. The first-order valence-corrected chi connectivity index (χ1v) is 4.29. The number of carbonyl (C=O) groups excluding carboxylic acids is 1. The Bertz CT molecular complexity index is 643. The maximum Gasteiger partial charge on any atom is 0.284 e. The van der Waals surface area contributed by atoms with E-state index in [1.807, 2.05) is 0 Å². The van der Waals surface area contributed by atoms with Gasteiger partial charge in [0.05, 0.1) is 10.5 Å². The fourth-order valence-electron chi connectivity index (χ4n) is 1.40. The van der Waals surface area contributed by atoms with Gasteiger partial charge in [-0.3, -0.25) is 19.7 Å². The summed E-state index contributed by atoms with van der Waals surface area (Å²) in [5.41, 5.74) is -1.20. The van der Waals surface area contributed by atoms with Gasteiger partial charge in [0.1, 0.15) is 17.2 Å². The van der Waals surface area contributed by atoms with Crippen LogP contribution in [0, 0.1) is 10.1 Å². The van der Waals surface area contributed by atoms with Gasteiger partial charge in [-0.15, -0.1) is 0 Å². The first-order valence-electron chi connectivity index (χ1n) is 4.29. The van der Waals surface area contributed by atoms with Crippen LogP contribution in [0.5, 0.6) is 0 Å². The second-order valence-corrected chi connectivity index (χ2v) is 3.05. The molecular formula is C10H5NO5. The molecule has 0 N–H and O–H groups in total. The summed E-state index contributed by atoms with van der Waals surface area (Å²) in [6, 6.07) is 4.02. The zero-order valence-corrected chi connectivity index (χ0v) is 7.88. The number of aldehydes is 1. The molecule has 1 aromatic heterocycles. The molecule has 0 aliphatic rings. The molecule has 1 heterocycles. The Hall–Kier alpha value is -2.50. The lowest BCUT2D eigenvalue weighted by atomic mass is 10.1. The molecule has 16 heavy (non-hydrogen) atoms. The van der Waals surface area contributed by atoms with E-state index >= 15 is 0 Å². The fourth-order valence-corrected chi connectivity index (χ4v) is 1.40. The van der Waals surface area contributed by atoms with E-state index < -0.39 is 10.4 Å². The van der Waals surface area contributed by atoms with Crippen LogP contribution >= 0.6 is 0 Å². The molecule has 0 saturated heterocycles. The number of carbonyl (C=O) groups is 1. The largest absolute Gasteiger partial charge is 0.463 e. The SMILES string of the molecule is O=Cc1coc2cccc([N+](=O)[O-])c2c1=O. The van der Waals surface area contributed by atoms with Crippen LogP contribution in [0.15, 0.2) is 33.7 Å². The lowest BCUT2D eigenvalue weighted by molar-refractivity contribution is -0.383. The number of hydrogen-bond acceptors (Lipinski definition) is 5. The van der Waals surface area contributed by atoms with E-state index in [-0.39, 0.29) is 22.2 Å². The van der Waals surface area contributed by atoms with Gasteiger partial charge in [0.15, 0.2) is 6.29 Å². The van der Waals surface area contributed by atoms with Crippen molar-refractivity contribution in [1.29, 1.82) is 0 Å². The van der Waals surface area contributed by atoms with E-state index in [1.165, 1.54) is 18.2 Å². The van der Waals surface area contributed by atoms with Gasteiger partial charge in [0.25, 0.3) is 5.69 Å². The van der Waals surface area contributed by atoms with Crippen molar-refractivity contribution in [1.82, 2.24) is 0 Å². The zero-order chi connectivity index (χ0) is 11.7. The van der Waals surface area contributed by atoms with Crippen molar-refractivity contribution in [3.63, 3.8) is 0 Å². The van der Waals surface area contributed by atoms with Gasteiger partial charge in [-0.1, -0.05) is 6.07 Å². The Labute approximate surface area is 88.3 Å². The van der Waals surface area contributed by atoms with Gasteiger partial charge in [-0.05, 0) is 6.07 Å². The predicted octanol–water partition coefficient (Wildman–Crippen LogP) is 1.51. The van der Waals surface area contributed by atoms with Crippen LogP contribution in [0.2, 0.25) is 0 Å². The normalized spacial score (nSPS) is 10.2. The summed E-state index contributed by atoms with van der Waals surface area (Å²) in [6.07, 6.45) is 1.30. The van der Waals surface area contributed by atoms with Gasteiger partial charge < -0.3 is 4.42 Å². The Balaban J connectivity index is 3.00. The highest BCUT2D eigenvalue weighted by molar-refractivity contribution is 5.90. The predicted molar refractivity (Wildman–Crippen MR) is 54.5 cm³/mol. The molecule has 0 fully saturated rings. The third-order valence-electron chi connectivity index (χ3n) is 2.13. The average Bonchev–Trinajstić information content (AvgIpc) is 2.29. The van der Waals surface area contributed by atoms with Gasteiger partial charge in [0.2, 0.25) is 5.43 Å². The van der Waals surface area contributed by atoms with Crippen molar-refractivity contribution < 1.29 is 14.1 Å². The lowest BCUT2D eigenvalue weighted by Gasteiger charge is -1.98. The number of nitro benzene ring substituents is 1. The van der Waals surface area contributed by atoms with Crippen LogP contribution in [0.25, 0.3) is 11.0 Å². The molecule has 0 radical (unpaired) electrons. The van der Waals surface area contributed by atoms with E-state index in [4.69, 9.17) is 4.42 Å². The first kappa shape index (κ1) is 10.0. The van der Waals surface area contributed by atoms with Crippen molar-refractivity contribution in [2.45, 2.75) is 0 Å². The standard InChI is InChI=1S/C10H5NO5/c12-4-6-5-16-8-3-1-2-7(11(14)15)9(8)10(6)13/h1-5H. The van der Waals surface area contributed by atoms with Crippen molar-refractivity contribution in [3.8, 4) is 0 Å². The highest BCUT2D eigenvalue weighted by atomic mass is 16.6. The van der Waals surface area contributed by atoms with E-state index in [9.17, 15) is 19.7 Å². The van der Waals surface area contributed by atoms with Gasteiger partial charge >= 0.3 is 0 Å². The van der Waals surface area contributed by atoms with Crippen LogP contribution in [-0.2, 0) is 0 Å². The number of nitrogens with zero attached hydrogens (tertiary/aromatic N) is 1. The van der Waals surface area contributed by atoms with Crippen LogP contribution < -0.4 is 5.43 Å². The second kappa shape index (κ2) is 3.58. The smallest absolute Gasteiger partial charge is 0.284 e. The number of hydrogen-bond donors (Lipinski definition) is 0. The molecule has 0 aliphatic heterocycles. The molecule has 0 spiro atoms. The summed E-state index contributed by atoms with van der Waals surface area (Å²) in [7, 11) is 0. The van der Waals surface area contributed by atoms with E-state index in [1.54, 1.807) is 0 Å². The highest BCUT2D eigenvalue weighted by Gasteiger charge is 2.17. The average molecular weight is 219 g/mol. The summed E-state index contributed by atoms with van der Waals surface area (Å²) >= 11 is 0. The van der Waals surface area contributed by atoms with E-state index in [2.05, 4.69) is 0 Å². The number of rotatable bonds is 2. The van der Waals surface area contributed by atoms with Crippen molar-refractivity contribution in [3.05, 3.63) is 50.4 Å². The minimum atomic E-state index is -0.691. The van der Waals surface area contributed by atoms with Gasteiger partial charge in [0, 0.05) is 6.07 Å². The van der Waals surface area contributed by atoms with E-state index in [0.29, 0.717) is 6.29 Å². The molecule has 0 aliphatic carbocycles. The summed E-state index contributed by atoms with van der Waals surface area (Å²) in [6.45, 7) is 0. The molecule has 1 aromatic carbocycles. The van der Waals surface area contributed by atoms with Crippen LogP contribution in [-0.4, -0.2) is 11.2 Å². The fraction of sp³-hybridized carbons (Fsp3) is 0. The molecule has 0 saturated carbocycles. The number of benzene rings is 1. The van der Waals surface area contributed by atoms with E-state index in [0.717, 1.165) is 6.26 Å². The topological polar surface area (TPSA) is 90.4 Å². The molecule has 2 aromatic rings. The quantitative estimate of drug-likeness (QED) is 0.433. The monoisotopic (exact) mass is 219 g/mol. The Morgan fingerprint density at radius 3 is 2.75 bits per heavy atom. The Kier molecular flexibility index (Phi) is 2.24. The van der Waals surface area contributed by atoms with Crippen molar-refractivity contribution >= 4 is 22.9 Å². The molecule has 0 unspecified atom stereocenters. The first-order chi connectivity index (χ1) is 7.65. The molecule has 80 valence electrons. The molecular weight excluding hydrogens is 214 g/mol. The summed E-state index contributed by atoms with van der Waals surface area (Å²) in [4.78, 5) is 32.2. The lowest BCUT2D eigenvalue weighted by Crippen LogP contribution is -2.09. The Morgan fingerprint density at radius 2 is 2.12 bits per heavy atom. The Morgan fingerprint density at radius 1 is 1.38 bits per heavy atom. The summed E-state index contributed by atoms with van der Waals surface area (Å²) in [5, 5.41) is 10.5. The van der Waals surface area contributed by atoms with Crippen molar-refractivity contribution in [2.75, 3.05) is 0 Å². The molecule has 0 bridgehead atoms.